The molecule has 1 aliphatic carbocycles. The molecule has 0 bridgehead atoms. The third-order valence-corrected chi connectivity index (χ3v) is 5.22. The minimum absolute atomic E-state index is 0.0178. The van der Waals surface area contributed by atoms with Crippen LogP contribution in [0.4, 0.5) is 0 Å². The Balaban J connectivity index is 1.35. The first kappa shape index (κ1) is 19.1. The number of nitrogens with one attached hydrogen (secondary N) is 1. The first-order valence-corrected chi connectivity index (χ1v) is 9.83. The molecule has 0 unspecified atom stereocenters. The molecule has 0 aromatic heterocycles. The Labute approximate surface area is 168 Å². The van der Waals surface area contributed by atoms with Crippen molar-refractivity contribution in [2.75, 3.05) is 6.54 Å². The average molecular weight is 394 g/mol. The molecule has 7 heteroatoms. The minimum Gasteiger partial charge on any atom is -0.453 e. The number of hydrogen-bond acceptors (Lipinski definition) is 5. The monoisotopic (exact) mass is 394 g/mol. The highest BCUT2D eigenvalue weighted by Crippen LogP contribution is 2.30. The maximum atomic E-state index is 12.8. The van der Waals surface area contributed by atoms with E-state index in [1.807, 2.05) is 12.1 Å². The Kier molecular flexibility index (Phi) is 5.05. The largest absolute Gasteiger partial charge is 0.453 e. The molecule has 2 aromatic carbocycles. The summed E-state index contributed by atoms with van der Waals surface area (Å²) in [5.41, 5.74) is 0.983. The molecular formula is C22H22N2O5. The van der Waals surface area contributed by atoms with Gasteiger partial charge in [0.05, 0.1) is 0 Å². The Morgan fingerprint density at radius 1 is 1.10 bits per heavy atom. The van der Waals surface area contributed by atoms with E-state index >= 15 is 0 Å². The predicted molar refractivity (Wildman–Crippen MR) is 105 cm³/mol. The molecule has 1 aliphatic heterocycles. The maximum absolute atomic E-state index is 12.8. The van der Waals surface area contributed by atoms with Crippen LogP contribution >= 0.6 is 0 Å². The van der Waals surface area contributed by atoms with Gasteiger partial charge in [-0.3, -0.25) is 24.1 Å². The lowest BCUT2D eigenvalue weighted by Crippen LogP contribution is -2.41. The average Bonchev–Trinajstić information content (AvgIpc) is 3.52. The summed E-state index contributed by atoms with van der Waals surface area (Å²) in [4.78, 5) is 50.7. The smallest absolute Gasteiger partial charge is 0.306 e. The van der Waals surface area contributed by atoms with E-state index < -0.39 is 12.1 Å². The minimum atomic E-state index is -0.856. The van der Waals surface area contributed by atoms with E-state index in [4.69, 9.17) is 4.74 Å². The van der Waals surface area contributed by atoms with E-state index in [0.717, 1.165) is 18.2 Å². The predicted octanol–water partition coefficient (Wildman–Crippen LogP) is 2.43. The summed E-state index contributed by atoms with van der Waals surface area (Å²) in [5, 5.41) is 4.31. The number of amides is 3. The lowest BCUT2D eigenvalue weighted by molar-refractivity contribution is -0.155. The summed E-state index contributed by atoms with van der Waals surface area (Å²) in [6, 6.07) is 10.9. The van der Waals surface area contributed by atoms with Crippen molar-refractivity contribution >= 4 is 34.5 Å². The van der Waals surface area contributed by atoms with Crippen molar-refractivity contribution in [1.82, 2.24) is 10.2 Å². The van der Waals surface area contributed by atoms with Crippen LogP contribution in [0.1, 0.15) is 53.3 Å². The second-order valence-corrected chi connectivity index (χ2v) is 7.49. The van der Waals surface area contributed by atoms with Gasteiger partial charge < -0.3 is 10.1 Å². The Hall–Kier alpha value is -3.22. The van der Waals surface area contributed by atoms with Gasteiger partial charge in [0.25, 0.3) is 17.7 Å². The zero-order valence-corrected chi connectivity index (χ0v) is 16.1. The normalized spacial score (nSPS) is 16.7. The van der Waals surface area contributed by atoms with Crippen molar-refractivity contribution in [3.8, 4) is 0 Å². The Bertz CT molecular complexity index is 961. The Morgan fingerprint density at radius 2 is 1.72 bits per heavy atom. The number of rotatable bonds is 7. The van der Waals surface area contributed by atoms with Crippen LogP contribution in [0.3, 0.4) is 0 Å². The van der Waals surface area contributed by atoms with Crippen molar-refractivity contribution in [3.05, 3.63) is 47.5 Å². The summed E-state index contributed by atoms with van der Waals surface area (Å²) in [5.74, 6) is -1.54. The molecule has 0 radical (unpaired) electrons. The first-order valence-electron chi connectivity index (χ1n) is 9.83. The van der Waals surface area contributed by atoms with Crippen LogP contribution in [0.15, 0.2) is 36.4 Å². The number of hydrogen-bond donors (Lipinski definition) is 1. The van der Waals surface area contributed by atoms with Gasteiger partial charge in [0, 0.05) is 35.5 Å². The molecule has 0 saturated heterocycles. The topological polar surface area (TPSA) is 92.8 Å². The molecule has 0 spiro atoms. The van der Waals surface area contributed by atoms with Gasteiger partial charge in [0.2, 0.25) is 0 Å². The molecule has 1 fully saturated rings. The first-order chi connectivity index (χ1) is 14.0. The summed E-state index contributed by atoms with van der Waals surface area (Å²) in [6.45, 7) is 1.64. The van der Waals surface area contributed by atoms with Crippen LogP contribution < -0.4 is 5.32 Å². The summed E-state index contributed by atoms with van der Waals surface area (Å²) in [7, 11) is 0. The molecule has 4 rings (SSSR count). The number of benzene rings is 2. The molecule has 29 heavy (non-hydrogen) atoms. The number of carbonyl (C=O) groups is 4. The van der Waals surface area contributed by atoms with Gasteiger partial charge in [-0.2, -0.15) is 0 Å². The summed E-state index contributed by atoms with van der Waals surface area (Å²) < 4.78 is 5.15. The van der Waals surface area contributed by atoms with E-state index in [9.17, 15) is 19.2 Å². The standard InChI is InChI=1S/C22H22N2O5/c1-13(20(26)23-15-10-11-15)29-18(25)9-4-12-24-21(27)16-7-2-5-14-6-3-8-17(19(14)16)22(24)28/h2-3,5-8,13,15H,4,9-12H2,1H3,(H,23,26)/t13-/m0/s1. The lowest BCUT2D eigenvalue weighted by Gasteiger charge is -2.27. The van der Waals surface area contributed by atoms with Gasteiger partial charge in [0.1, 0.15) is 0 Å². The van der Waals surface area contributed by atoms with Crippen LogP contribution in [-0.4, -0.2) is 47.3 Å². The van der Waals surface area contributed by atoms with E-state index in [1.165, 1.54) is 11.8 Å². The highest BCUT2D eigenvalue weighted by Gasteiger charge is 2.32. The van der Waals surface area contributed by atoms with Crippen molar-refractivity contribution in [2.45, 2.75) is 44.8 Å². The zero-order valence-electron chi connectivity index (χ0n) is 16.1. The van der Waals surface area contributed by atoms with Gasteiger partial charge in [-0.25, -0.2) is 0 Å². The number of esters is 1. The van der Waals surface area contributed by atoms with E-state index in [2.05, 4.69) is 5.32 Å². The molecule has 2 aliphatic rings. The molecule has 1 atom stereocenters. The molecule has 1 saturated carbocycles. The lowest BCUT2D eigenvalue weighted by atomic mass is 9.94. The highest BCUT2D eigenvalue weighted by molar-refractivity contribution is 6.25. The van der Waals surface area contributed by atoms with Crippen LogP contribution in [0.25, 0.3) is 10.8 Å². The molecule has 3 amide bonds. The van der Waals surface area contributed by atoms with Gasteiger partial charge in [-0.05, 0) is 43.7 Å². The molecular weight excluding hydrogens is 372 g/mol. The fraction of sp³-hybridized carbons (Fsp3) is 0.364. The van der Waals surface area contributed by atoms with Crippen molar-refractivity contribution in [2.24, 2.45) is 0 Å². The van der Waals surface area contributed by atoms with Crippen molar-refractivity contribution in [1.29, 1.82) is 0 Å². The quantitative estimate of drug-likeness (QED) is 0.575. The summed E-state index contributed by atoms with van der Waals surface area (Å²) >= 11 is 0. The SMILES string of the molecule is C[C@H](OC(=O)CCCN1C(=O)c2cccc3cccc(c23)C1=O)C(=O)NC1CC1. The van der Waals surface area contributed by atoms with Crippen LogP contribution in [0, 0.1) is 0 Å². The molecule has 2 aromatic rings. The second-order valence-electron chi connectivity index (χ2n) is 7.49. The highest BCUT2D eigenvalue weighted by atomic mass is 16.5. The third-order valence-electron chi connectivity index (χ3n) is 5.22. The van der Waals surface area contributed by atoms with Crippen molar-refractivity contribution < 1.29 is 23.9 Å². The van der Waals surface area contributed by atoms with Gasteiger partial charge in [-0.1, -0.05) is 24.3 Å². The summed E-state index contributed by atoms with van der Waals surface area (Å²) in [6.07, 6.45) is 1.35. The van der Waals surface area contributed by atoms with Gasteiger partial charge in [-0.15, -0.1) is 0 Å². The van der Waals surface area contributed by atoms with E-state index in [-0.39, 0.29) is 43.1 Å². The molecule has 1 heterocycles. The van der Waals surface area contributed by atoms with Gasteiger partial charge in [0.15, 0.2) is 6.10 Å². The zero-order chi connectivity index (χ0) is 20.5. The maximum Gasteiger partial charge on any atom is 0.306 e. The molecule has 7 nitrogen and oxygen atoms in total. The number of ether oxygens (including phenoxy) is 1. The van der Waals surface area contributed by atoms with Crippen LogP contribution in [0.2, 0.25) is 0 Å². The van der Waals surface area contributed by atoms with Crippen LogP contribution in [-0.2, 0) is 14.3 Å². The number of nitrogens with zero attached hydrogens (tertiary/aromatic N) is 1. The molecule has 150 valence electrons. The number of imide groups is 1. The van der Waals surface area contributed by atoms with Crippen molar-refractivity contribution in [3.63, 3.8) is 0 Å². The fourth-order valence-corrected chi connectivity index (χ4v) is 3.52. The third kappa shape index (κ3) is 3.85. The fourth-order valence-electron chi connectivity index (χ4n) is 3.52. The number of carbonyl (C=O) groups excluding carboxylic acids is 4. The second kappa shape index (κ2) is 7.66. The van der Waals surface area contributed by atoms with Crippen LogP contribution in [0.5, 0.6) is 0 Å². The Morgan fingerprint density at radius 3 is 2.31 bits per heavy atom. The van der Waals surface area contributed by atoms with E-state index in [0.29, 0.717) is 16.5 Å². The molecule has 1 N–H and O–H groups in total. The van der Waals surface area contributed by atoms with E-state index in [1.54, 1.807) is 24.3 Å². The van der Waals surface area contributed by atoms with Gasteiger partial charge >= 0.3 is 5.97 Å².